The predicted molar refractivity (Wildman–Crippen MR) is 110 cm³/mol. The molecular weight excluding hydrogens is 388 g/mol. The van der Waals surface area contributed by atoms with E-state index >= 15 is 0 Å². The lowest BCUT2D eigenvalue weighted by molar-refractivity contribution is -0.120. The Kier molecular flexibility index (Phi) is 5.46. The van der Waals surface area contributed by atoms with Crippen molar-refractivity contribution in [3.63, 3.8) is 0 Å². The van der Waals surface area contributed by atoms with Crippen LogP contribution in [0.5, 0.6) is 0 Å². The normalized spacial score (nSPS) is 15.9. The van der Waals surface area contributed by atoms with Gasteiger partial charge >= 0.3 is 0 Å². The van der Waals surface area contributed by atoms with Gasteiger partial charge in [-0.1, -0.05) is 24.3 Å². The van der Waals surface area contributed by atoms with E-state index in [2.05, 4.69) is 10.4 Å². The molecule has 2 heterocycles. The SMILES string of the molecule is O=C(Nc1cccc(-n2cccn2)c1)C1CCN(S(=O)(=O)c2ccccc2)CC1. The van der Waals surface area contributed by atoms with Gasteiger partial charge in [0, 0.05) is 37.1 Å². The number of hydrogen-bond acceptors (Lipinski definition) is 4. The van der Waals surface area contributed by atoms with Crippen LogP contribution in [0.25, 0.3) is 5.69 Å². The van der Waals surface area contributed by atoms with Crippen LogP contribution in [0.3, 0.4) is 0 Å². The van der Waals surface area contributed by atoms with Crippen molar-refractivity contribution in [2.45, 2.75) is 17.7 Å². The first-order valence-electron chi connectivity index (χ1n) is 9.50. The van der Waals surface area contributed by atoms with Gasteiger partial charge in [-0.25, -0.2) is 13.1 Å². The van der Waals surface area contributed by atoms with Crippen molar-refractivity contribution >= 4 is 21.6 Å². The van der Waals surface area contributed by atoms with Gasteiger partial charge in [0.25, 0.3) is 0 Å². The van der Waals surface area contributed by atoms with Crippen molar-refractivity contribution in [1.82, 2.24) is 14.1 Å². The third-order valence-electron chi connectivity index (χ3n) is 5.09. The highest BCUT2D eigenvalue weighted by Gasteiger charge is 2.32. The number of nitrogens with one attached hydrogen (secondary N) is 1. The molecule has 7 nitrogen and oxygen atoms in total. The molecule has 1 N–H and O–H groups in total. The Bertz CT molecular complexity index is 1070. The molecule has 0 radical (unpaired) electrons. The highest BCUT2D eigenvalue weighted by molar-refractivity contribution is 7.89. The number of carbonyl (C=O) groups excluding carboxylic acids is 1. The molecule has 0 saturated carbocycles. The molecule has 0 unspecified atom stereocenters. The van der Waals surface area contributed by atoms with E-state index in [9.17, 15) is 13.2 Å². The third-order valence-corrected chi connectivity index (χ3v) is 7.00. The maximum Gasteiger partial charge on any atom is 0.243 e. The van der Waals surface area contributed by atoms with E-state index in [1.54, 1.807) is 41.2 Å². The molecule has 1 fully saturated rings. The van der Waals surface area contributed by atoms with Crippen LogP contribution in [-0.4, -0.2) is 41.5 Å². The summed E-state index contributed by atoms with van der Waals surface area (Å²) in [6.07, 6.45) is 4.53. The fraction of sp³-hybridized carbons (Fsp3) is 0.238. The van der Waals surface area contributed by atoms with Crippen LogP contribution in [0, 0.1) is 5.92 Å². The molecule has 1 saturated heterocycles. The maximum absolute atomic E-state index is 12.7. The minimum absolute atomic E-state index is 0.0839. The first-order chi connectivity index (χ1) is 14.0. The molecule has 1 aliphatic rings. The molecule has 8 heteroatoms. The van der Waals surface area contributed by atoms with Crippen LogP contribution >= 0.6 is 0 Å². The number of carbonyl (C=O) groups is 1. The molecule has 150 valence electrons. The van der Waals surface area contributed by atoms with Gasteiger partial charge in [-0.3, -0.25) is 4.79 Å². The Morgan fingerprint density at radius 1 is 1.00 bits per heavy atom. The van der Waals surface area contributed by atoms with Crippen LogP contribution < -0.4 is 5.32 Å². The summed E-state index contributed by atoms with van der Waals surface area (Å²) in [5.41, 5.74) is 1.55. The zero-order valence-electron chi connectivity index (χ0n) is 15.8. The van der Waals surface area contributed by atoms with Crippen LogP contribution in [0.15, 0.2) is 78.0 Å². The molecule has 0 bridgehead atoms. The first kappa shape index (κ1) is 19.4. The van der Waals surface area contributed by atoms with Crippen molar-refractivity contribution in [1.29, 1.82) is 0 Å². The van der Waals surface area contributed by atoms with E-state index in [-0.39, 0.29) is 11.8 Å². The number of piperidine rings is 1. The van der Waals surface area contributed by atoms with Gasteiger partial charge < -0.3 is 5.32 Å². The Labute approximate surface area is 170 Å². The van der Waals surface area contributed by atoms with Gasteiger partial charge in [0.2, 0.25) is 15.9 Å². The highest BCUT2D eigenvalue weighted by Crippen LogP contribution is 2.25. The summed E-state index contributed by atoms with van der Waals surface area (Å²) in [4.78, 5) is 13.0. The number of rotatable bonds is 5. The summed E-state index contributed by atoms with van der Waals surface area (Å²) in [5.74, 6) is -0.301. The maximum atomic E-state index is 12.7. The Morgan fingerprint density at radius 3 is 2.45 bits per heavy atom. The predicted octanol–water partition coefficient (Wildman–Crippen LogP) is 2.91. The number of sulfonamides is 1. The quantitative estimate of drug-likeness (QED) is 0.701. The van der Waals surface area contributed by atoms with Crippen LogP contribution in [0.1, 0.15) is 12.8 Å². The Morgan fingerprint density at radius 2 is 1.76 bits per heavy atom. The standard InChI is InChI=1S/C21H22N4O3S/c26-21(23-18-6-4-7-19(16-18)25-13-5-12-22-25)17-10-14-24(15-11-17)29(27,28)20-8-2-1-3-9-20/h1-9,12-13,16-17H,10-11,14-15H2,(H,23,26). The second-order valence-corrected chi connectivity index (χ2v) is 8.92. The molecule has 1 aliphatic heterocycles. The molecule has 2 aromatic carbocycles. The van der Waals surface area contributed by atoms with Crippen molar-refractivity contribution in [2.75, 3.05) is 18.4 Å². The number of benzene rings is 2. The largest absolute Gasteiger partial charge is 0.326 e. The molecule has 0 spiro atoms. The Hall–Kier alpha value is -2.97. The summed E-state index contributed by atoms with van der Waals surface area (Å²) in [5, 5.41) is 7.15. The fourth-order valence-corrected chi connectivity index (χ4v) is 4.98. The van der Waals surface area contributed by atoms with Gasteiger partial charge in [0.1, 0.15) is 0 Å². The molecule has 0 aliphatic carbocycles. The number of aromatic nitrogens is 2. The third kappa shape index (κ3) is 4.23. The molecule has 3 aromatic rings. The summed E-state index contributed by atoms with van der Waals surface area (Å²) >= 11 is 0. The van der Waals surface area contributed by atoms with E-state index in [1.165, 1.54) is 4.31 Å². The van der Waals surface area contributed by atoms with E-state index in [0.29, 0.717) is 36.5 Å². The van der Waals surface area contributed by atoms with Gasteiger partial charge in [-0.2, -0.15) is 9.40 Å². The fourth-order valence-electron chi connectivity index (χ4n) is 3.49. The minimum Gasteiger partial charge on any atom is -0.326 e. The van der Waals surface area contributed by atoms with Gasteiger partial charge in [0.15, 0.2) is 0 Å². The summed E-state index contributed by atoms with van der Waals surface area (Å²) in [7, 11) is -3.51. The van der Waals surface area contributed by atoms with E-state index in [0.717, 1.165) is 5.69 Å². The van der Waals surface area contributed by atoms with Gasteiger partial charge in [-0.05, 0) is 49.2 Å². The molecule has 4 rings (SSSR count). The lowest BCUT2D eigenvalue weighted by atomic mass is 9.97. The smallest absolute Gasteiger partial charge is 0.243 e. The summed E-state index contributed by atoms with van der Waals surface area (Å²) < 4.78 is 28.6. The number of anilines is 1. The summed E-state index contributed by atoms with van der Waals surface area (Å²) in [6, 6.07) is 17.7. The molecule has 29 heavy (non-hydrogen) atoms. The van der Waals surface area contributed by atoms with E-state index in [4.69, 9.17) is 0 Å². The first-order valence-corrected chi connectivity index (χ1v) is 10.9. The number of nitrogens with zero attached hydrogens (tertiary/aromatic N) is 3. The minimum atomic E-state index is -3.51. The monoisotopic (exact) mass is 410 g/mol. The molecular formula is C21H22N4O3S. The van der Waals surface area contributed by atoms with Crippen molar-refractivity contribution in [2.24, 2.45) is 5.92 Å². The lowest BCUT2D eigenvalue weighted by Gasteiger charge is -2.30. The second kappa shape index (κ2) is 8.18. The zero-order valence-corrected chi connectivity index (χ0v) is 16.6. The Balaban J connectivity index is 1.38. The number of amides is 1. The van der Waals surface area contributed by atoms with E-state index in [1.807, 2.05) is 36.5 Å². The topological polar surface area (TPSA) is 84.3 Å². The van der Waals surface area contributed by atoms with Crippen molar-refractivity contribution in [3.8, 4) is 5.69 Å². The van der Waals surface area contributed by atoms with Crippen molar-refractivity contribution in [3.05, 3.63) is 73.1 Å². The lowest BCUT2D eigenvalue weighted by Crippen LogP contribution is -2.41. The molecule has 1 amide bonds. The molecule has 1 aromatic heterocycles. The second-order valence-electron chi connectivity index (χ2n) is 6.98. The average molecular weight is 410 g/mol. The van der Waals surface area contributed by atoms with Crippen LogP contribution in [0.2, 0.25) is 0 Å². The van der Waals surface area contributed by atoms with Crippen LogP contribution in [-0.2, 0) is 14.8 Å². The molecule has 0 atom stereocenters. The highest BCUT2D eigenvalue weighted by atomic mass is 32.2. The summed E-state index contributed by atoms with van der Waals surface area (Å²) in [6.45, 7) is 0.672. The van der Waals surface area contributed by atoms with Gasteiger partial charge in [0.05, 0.1) is 10.6 Å². The van der Waals surface area contributed by atoms with Crippen LogP contribution in [0.4, 0.5) is 5.69 Å². The number of hydrogen-bond donors (Lipinski definition) is 1. The van der Waals surface area contributed by atoms with Crippen molar-refractivity contribution < 1.29 is 13.2 Å². The van der Waals surface area contributed by atoms with Gasteiger partial charge in [-0.15, -0.1) is 0 Å². The zero-order chi connectivity index (χ0) is 20.3. The average Bonchev–Trinajstić information content (AvgIpc) is 3.30. The van der Waals surface area contributed by atoms with E-state index < -0.39 is 10.0 Å².